The Balaban J connectivity index is 1.07. The zero-order chi connectivity index (χ0) is 37.0. The molecule has 0 aliphatic rings. The van der Waals surface area contributed by atoms with E-state index < -0.39 is 0 Å². The molecule has 0 saturated carbocycles. The summed E-state index contributed by atoms with van der Waals surface area (Å²) in [6.07, 6.45) is 0. The van der Waals surface area contributed by atoms with Crippen LogP contribution in [-0.4, -0.2) is 19.5 Å². The van der Waals surface area contributed by atoms with Gasteiger partial charge in [-0.2, -0.15) is 0 Å². The molecule has 0 radical (unpaired) electrons. The largest absolute Gasteiger partial charge is 0.456 e. The Morgan fingerprint density at radius 2 is 0.875 bits per heavy atom. The molecule has 262 valence electrons. The Kier molecular flexibility index (Phi) is 7.42. The Morgan fingerprint density at radius 1 is 0.339 bits per heavy atom. The lowest BCUT2D eigenvalue weighted by Gasteiger charge is -2.11. The van der Waals surface area contributed by atoms with Crippen molar-refractivity contribution in [3.05, 3.63) is 194 Å². The minimum absolute atomic E-state index is 0.630. The van der Waals surface area contributed by atoms with Gasteiger partial charge in [0.15, 0.2) is 17.5 Å². The minimum atomic E-state index is 0.630. The average Bonchev–Trinajstić information content (AvgIpc) is 3.82. The Bertz CT molecular complexity index is 3180. The van der Waals surface area contributed by atoms with E-state index in [-0.39, 0.29) is 0 Å². The fourth-order valence-corrected chi connectivity index (χ4v) is 8.02. The zero-order valence-corrected chi connectivity index (χ0v) is 30.2. The SMILES string of the molecule is c1ccc(-c2ccc3oc4ccc(-n5c6ccccc6c6c(-c7cccc(-c8nc(-c9ccccc9)nc(-c9ccccc9)n8)c7)cccc65)cc4c3c2)cc1. The lowest BCUT2D eigenvalue weighted by atomic mass is 9.97. The van der Waals surface area contributed by atoms with Crippen LogP contribution in [0.3, 0.4) is 0 Å². The van der Waals surface area contributed by atoms with Gasteiger partial charge in [-0.1, -0.05) is 146 Å². The summed E-state index contributed by atoms with van der Waals surface area (Å²) in [7, 11) is 0. The molecular formula is C51H32N4O. The normalized spacial score (nSPS) is 11.6. The first-order valence-corrected chi connectivity index (χ1v) is 18.8. The van der Waals surface area contributed by atoms with E-state index in [9.17, 15) is 0 Å². The van der Waals surface area contributed by atoms with Crippen molar-refractivity contribution in [2.45, 2.75) is 0 Å². The highest BCUT2D eigenvalue weighted by Crippen LogP contribution is 2.41. The molecule has 5 nitrogen and oxygen atoms in total. The third-order valence-electron chi connectivity index (χ3n) is 10.6. The van der Waals surface area contributed by atoms with E-state index in [1.165, 1.54) is 21.9 Å². The molecule has 3 heterocycles. The summed E-state index contributed by atoms with van der Waals surface area (Å²) in [5.74, 6) is 1.91. The molecule has 0 atom stereocenters. The maximum Gasteiger partial charge on any atom is 0.164 e. The lowest BCUT2D eigenvalue weighted by molar-refractivity contribution is 0.669. The molecule has 3 aromatic heterocycles. The second kappa shape index (κ2) is 13.0. The highest BCUT2D eigenvalue weighted by molar-refractivity contribution is 6.16. The van der Waals surface area contributed by atoms with Crippen LogP contribution in [0.25, 0.3) is 106 Å². The van der Waals surface area contributed by atoms with Crippen LogP contribution in [0.5, 0.6) is 0 Å². The summed E-state index contributed by atoms with van der Waals surface area (Å²) in [6.45, 7) is 0. The van der Waals surface area contributed by atoms with Gasteiger partial charge in [0.1, 0.15) is 11.2 Å². The number of fused-ring (bicyclic) bond motifs is 6. The summed E-state index contributed by atoms with van der Waals surface area (Å²) in [6, 6.07) is 67.5. The molecule has 56 heavy (non-hydrogen) atoms. The highest BCUT2D eigenvalue weighted by Gasteiger charge is 2.19. The van der Waals surface area contributed by atoms with Crippen molar-refractivity contribution in [1.82, 2.24) is 19.5 Å². The number of furan rings is 1. The number of hydrogen-bond acceptors (Lipinski definition) is 4. The van der Waals surface area contributed by atoms with Gasteiger partial charge in [-0.15, -0.1) is 0 Å². The van der Waals surface area contributed by atoms with Crippen LogP contribution in [-0.2, 0) is 0 Å². The van der Waals surface area contributed by atoms with Crippen LogP contribution in [0.4, 0.5) is 0 Å². The fraction of sp³-hybridized carbons (Fsp3) is 0. The van der Waals surface area contributed by atoms with Gasteiger partial charge in [-0.05, 0) is 70.8 Å². The quantitative estimate of drug-likeness (QED) is 0.172. The zero-order valence-electron chi connectivity index (χ0n) is 30.2. The van der Waals surface area contributed by atoms with Gasteiger partial charge in [0.05, 0.1) is 11.0 Å². The predicted octanol–water partition coefficient (Wildman–Crippen LogP) is 13.2. The standard InChI is InChI=1S/C51H32N4O/c1-4-14-33(15-5-1)36-26-28-46-42(31-36)43-32-39(27-29-47(43)56-46)55-44-24-11-10-22-41(44)48-40(23-13-25-45(48)55)37-20-12-21-38(30-37)51-53-49(34-16-6-2-7-17-34)52-50(54-51)35-18-8-3-9-19-35/h1-32H. The molecule has 0 fully saturated rings. The number of nitrogens with zero attached hydrogens (tertiary/aromatic N) is 4. The van der Waals surface area contributed by atoms with Crippen molar-refractivity contribution in [2.75, 3.05) is 0 Å². The van der Waals surface area contributed by atoms with E-state index in [1.807, 2.05) is 66.7 Å². The first kappa shape index (κ1) is 31.9. The molecule has 0 aliphatic carbocycles. The highest BCUT2D eigenvalue weighted by atomic mass is 16.3. The van der Waals surface area contributed by atoms with Gasteiger partial charge >= 0.3 is 0 Å². The molecule has 0 saturated heterocycles. The van der Waals surface area contributed by atoms with E-state index in [0.29, 0.717) is 17.5 Å². The van der Waals surface area contributed by atoms with E-state index >= 15 is 0 Å². The molecular weight excluding hydrogens is 685 g/mol. The number of hydrogen-bond donors (Lipinski definition) is 0. The Morgan fingerprint density at radius 3 is 1.59 bits per heavy atom. The topological polar surface area (TPSA) is 56.7 Å². The lowest BCUT2D eigenvalue weighted by Crippen LogP contribution is -2.00. The van der Waals surface area contributed by atoms with Gasteiger partial charge in [-0.25, -0.2) is 15.0 Å². The molecule has 8 aromatic carbocycles. The molecule has 0 N–H and O–H groups in total. The van der Waals surface area contributed by atoms with Crippen LogP contribution >= 0.6 is 0 Å². The number of para-hydroxylation sites is 1. The van der Waals surface area contributed by atoms with Crippen molar-refractivity contribution in [3.63, 3.8) is 0 Å². The van der Waals surface area contributed by atoms with E-state index in [2.05, 4.69) is 132 Å². The van der Waals surface area contributed by atoms with E-state index in [0.717, 1.165) is 66.5 Å². The van der Waals surface area contributed by atoms with Gasteiger partial charge in [0.25, 0.3) is 0 Å². The maximum absolute atomic E-state index is 6.36. The van der Waals surface area contributed by atoms with Crippen molar-refractivity contribution in [2.24, 2.45) is 0 Å². The molecule has 0 unspecified atom stereocenters. The van der Waals surface area contributed by atoms with Crippen molar-refractivity contribution < 1.29 is 4.42 Å². The van der Waals surface area contributed by atoms with Crippen LogP contribution in [0, 0.1) is 0 Å². The summed E-state index contributed by atoms with van der Waals surface area (Å²) < 4.78 is 8.73. The molecule has 11 rings (SSSR count). The molecule has 11 aromatic rings. The second-order valence-corrected chi connectivity index (χ2v) is 14.0. The monoisotopic (exact) mass is 716 g/mol. The molecule has 0 amide bonds. The second-order valence-electron chi connectivity index (χ2n) is 14.0. The number of benzene rings is 8. The average molecular weight is 717 g/mol. The fourth-order valence-electron chi connectivity index (χ4n) is 8.02. The molecule has 0 aliphatic heterocycles. The maximum atomic E-state index is 6.36. The first-order valence-electron chi connectivity index (χ1n) is 18.8. The van der Waals surface area contributed by atoms with Crippen molar-refractivity contribution in [1.29, 1.82) is 0 Å². The minimum Gasteiger partial charge on any atom is -0.456 e. The van der Waals surface area contributed by atoms with Crippen molar-refractivity contribution in [3.8, 4) is 62.1 Å². The molecule has 0 spiro atoms. The third kappa shape index (κ3) is 5.37. The third-order valence-corrected chi connectivity index (χ3v) is 10.6. The van der Waals surface area contributed by atoms with Crippen LogP contribution in [0.15, 0.2) is 199 Å². The van der Waals surface area contributed by atoms with Crippen LogP contribution < -0.4 is 0 Å². The van der Waals surface area contributed by atoms with Crippen LogP contribution in [0.1, 0.15) is 0 Å². The molecule has 0 bridgehead atoms. The Hall–Kier alpha value is -7.63. The first-order chi connectivity index (χ1) is 27.7. The van der Waals surface area contributed by atoms with E-state index in [1.54, 1.807) is 0 Å². The summed E-state index contributed by atoms with van der Waals surface area (Å²) in [5, 5.41) is 4.57. The number of rotatable bonds is 6. The summed E-state index contributed by atoms with van der Waals surface area (Å²) in [5.41, 5.74) is 12.5. The predicted molar refractivity (Wildman–Crippen MR) is 229 cm³/mol. The van der Waals surface area contributed by atoms with Crippen molar-refractivity contribution >= 4 is 43.7 Å². The summed E-state index contributed by atoms with van der Waals surface area (Å²) in [4.78, 5) is 14.9. The smallest absolute Gasteiger partial charge is 0.164 e. The van der Waals surface area contributed by atoms with Gasteiger partial charge in [0.2, 0.25) is 0 Å². The van der Waals surface area contributed by atoms with Gasteiger partial charge in [-0.3, -0.25) is 0 Å². The van der Waals surface area contributed by atoms with Gasteiger partial charge in [0, 0.05) is 43.9 Å². The van der Waals surface area contributed by atoms with Gasteiger partial charge < -0.3 is 8.98 Å². The number of aromatic nitrogens is 4. The Labute approximate surface area is 322 Å². The molecule has 5 heteroatoms. The van der Waals surface area contributed by atoms with E-state index in [4.69, 9.17) is 19.4 Å². The summed E-state index contributed by atoms with van der Waals surface area (Å²) >= 11 is 0. The van der Waals surface area contributed by atoms with Crippen LogP contribution in [0.2, 0.25) is 0 Å².